The summed E-state index contributed by atoms with van der Waals surface area (Å²) in [6.07, 6.45) is 1.70. The minimum atomic E-state index is -4.60. The molecule has 0 saturated heterocycles. The first-order chi connectivity index (χ1) is 17.2. The van der Waals surface area contributed by atoms with Gasteiger partial charge in [-0.1, -0.05) is 40.0 Å². The van der Waals surface area contributed by atoms with E-state index >= 15 is 0 Å². The van der Waals surface area contributed by atoms with Gasteiger partial charge in [-0.15, -0.1) is 0 Å². The van der Waals surface area contributed by atoms with Gasteiger partial charge in [0.2, 0.25) is 0 Å². The lowest BCUT2D eigenvalue weighted by Gasteiger charge is -2.32. The number of halogens is 3. The van der Waals surface area contributed by atoms with Crippen LogP contribution in [0.4, 0.5) is 13.2 Å². The summed E-state index contributed by atoms with van der Waals surface area (Å²) in [6.45, 7) is 7.94. The first kappa shape index (κ1) is 27.2. The first-order valence-corrected chi connectivity index (χ1v) is 13.1. The zero-order valence-corrected chi connectivity index (χ0v) is 21.9. The Morgan fingerprint density at radius 2 is 1.68 bits per heavy atom. The lowest BCUT2D eigenvalue weighted by Crippen LogP contribution is -2.46. The third-order valence-corrected chi connectivity index (χ3v) is 7.78. The van der Waals surface area contributed by atoms with Crippen LogP contribution >= 0.6 is 0 Å². The molecule has 6 nitrogen and oxygen atoms in total. The average Bonchev–Trinajstić information content (AvgIpc) is 3.11. The number of hydrogen-bond donors (Lipinski definition) is 2. The van der Waals surface area contributed by atoms with Crippen LogP contribution in [0.3, 0.4) is 0 Å². The van der Waals surface area contributed by atoms with Crippen LogP contribution in [0.5, 0.6) is 0 Å². The second-order valence-electron chi connectivity index (χ2n) is 11.7. The van der Waals surface area contributed by atoms with Gasteiger partial charge in [-0.25, -0.2) is 4.98 Å². The number of nitrogens with zero attached hydrogens (tertiary/aromatic N) is 2. The van der Waals surface area contributed by atoms with E-state index in [0.29, 0.717) is 53.5 Å². The molecule has 0 aliphatic heterocycles. The van der Waals surface area contributed by atoms with Crippen LogP contribution in [-0.4, -0.2) is 32.6 Å². The van der Waals surface area contributed by atoms with Crippen LogP contribution in [0.2, 0.25) is 0 Å². The van der Waals surface area contributed by atoms with Gasteiger partial charge < -0.3 is 15.0 Å². The van der Waals surface area contributed by atoms with Crippen LogP contribution in [0.1, 0.15) is 93.2 Å². The van der Waals surface area contributed by atoms with Gasteiger partial charge in [0, 0.05) is 40.6 Å². The molecule has 2 N–H and O–H groups in total. The fraction of sp³-hybridized carbons (Fsp3) is 0.607. The number of rotatable bonds is 6. The highest BCUT2D eigenvalue weighted by Gasteiger charge is 2.37. The third-order valence-electron chi connectivity index (χ3n) is 7.78. The molecule has 2 aliphatic rings. The van der Waals surface area contributed by atoms with Crippen molar-refractivity contribution in [3.8, 4) is 11.3 Å². The Morgan fingerprint density at radius 3 is 2.24 bits per heavy atom. The fourth-order valence-electron chi connectivity index (χ4n) is 5.39. The summed E-state index contributed by atoms with van der Waals surface area (Å²) in [5.74, 6) is -1.25. The Balaban J connectivity index is 1.75. The van der Waals surface area contributed by atoms with Gasteiger partial charge in [-0.2, -0.15) is 13.2 Å². The summed E-state index contributed by atoms with van der Waals surface area (Å²) in [5, 5.41) is 12.0. The molecule has 2 fully saturated rings. The molecule has 37 heavy (non-hydrogen) atoms. The molecule has 9 heteroatoms. The Bertz CT molecular complexity index is 1140. The molecule has 2 aromatic heterocycles. The number of carbonyl (C=O) groups excluding carboxylic acids is 1. The molecule has 2 heterocycles. The van der Waals surface area contributed by atoms with Gasteiger partial charge in [0.25, 0.3) is 5.91 Å². The van der Waals surface area contributed by atoms with Crippen molar-refractivity contribution in [2.75, 3.05) is 0 Å². The summed E-state index contributed by atoms with van der Waals surface area (Å²) in [4.78, 5) is 28.3. The minimum Gasteiger partial charge on any atom is -0.481 e. The van der Waals surface area contributed by atoms with Gasteiger partial charge in [0.15, 0.2) is 0 Å². The van der Waals surface area contributed by atoms with Crippen molar-refractivity contribution >= 4 is 11.9 Å². The summed E-state index contributed by atoms with van der Waals surface area (Å²) < 4.78 is 43.5. The molecule has 0 bridgehead atoms. The van der Waals surface area contributed by atoms with Gasteiger partial charge in [-0.3, -0.25) is 9.59 Å². The Kier molecular flexibility index (Phi) is 7.45. The number of carbonyl (C=O) groups is 2. The number of carboxylic acid groups (broad SMARTS) is 1. The summed E-state index contributed by atoms with van der Waals surface area (Å²) in [6, 6.07) is 4.24. The second kappa shape index (κ2) is 10.1. The maximum Gasteiger partial charge on any atom is 0.433 e. The molecule has 0 atom stereocenters. The van der Waals surface area contributed by atoms with E-state index in [9.17, 15) is 22.8 Å². The molecule has 0 spiro atoms. The van der Waals surface area contributed by atoms with Crippen LogP contribution in [0.15, 0.2) is 18.2 Å². The molecule has 2 saturated carbocycles. The molecule has 0 unspecified atom stereocenters. The second-order valence-corrected chi connectivity index (χ2v) is 11.7. The summed E-state index contributed by atoms with van der Waals surface area (Å²) in [7, 11) is 0. The zero-order valence-electron chi connectivity index (χ0n) is 21.9. The van der Waals surface area contributed by atoms with Crippen LogP contribution in [-0.2, 0) is 22.9 Å². The van der Waals surface area contributed by atoms with E-state index in [1.165, 1.54) is 6.42 Å². The van der Waals surface area contributed by atoms with Gasteiger partial charge in [0.1, 0.15) is 5.69 Å². The van der Waals surface area contributed by atoms with E-state index in [4.69, 9.17) is 5.11 Å². The number of hydrogen-bond acceptors (Lipinski definition) is 3. The largest absolute Gasteiger partial charge is 0.481 e. The maximum absolute atomic E-state index is 13.8. The normalized spacial score (nSPS) is 20.9. The highest BCUT2D eigenvalue weighted by Crippen LogP contribution is 2.37. The molecule has 4 rings (SSSR count). The monoisotopic (exact) mass is 519 g/mol. The fourth-order valence-corrected chi connectivity index (χ4v) is 5.39. The molecule has 1 amide bonds. The van der Waals surface area contributed by atoms with Gasteiger partial charge >= 0.3 is 12.1 Å². The topological polar surface area (TPSA) is 84.2 Å². The lowest BCUT2D eigenvalue weighted by molar-refractivity contribution is -0.145. The van der Waals surface area contributed by atoms with Crippen molar-refractivity contribution in [3.05, 3.63) is 40.8 Å². The van der Waals surface area contributed by atoms with Crippen molar-refractivity contribution in [2.24, 2.45) is 11.8 Å². The third kappa shape index (κ3) is 6.02. The number of pyridine rings is 1. The standard InChI is InChI=1S/C28H36F3N3O3/c1-16-21(25(35)32-20-10-19(11-20)26(36)37)14-22(34(16)15-17-8-6-5-7-9-17)18-12-23(27(2,3)4)33-24(13-18)28(29,30)31/h12-14,17,19-20H,5-11,15H2,1-4H3,(H,32,35)(H,36,37). The first-order valence-electron chi connectivity index (χ1n) is 13.1. The van der Waals surface area contributed by atoms with E-state index in [1.807, 2.05) is 32.3 Å². The highest BCUT2D eigenvalue weighted by molar-refractivity contribution is 5.97. The predicted octanol–water partition coefficient (Wildman–Crippen LogP) is 6.35. The number of nitrogens with one attached hydrogen (secondary N) is 1. The van der Waals surface area contributed by atoms with Crippen LogP contribution in [0.25, 0.3) is 11.3 Å². The van der Waals surface area contributed by atoms with Crippen LogP contribution < -0.4 is 5.32 Å². The Morgan fingerprint density at radius 1 is 1.05 bits per heavy atom. The maximum atomic E-state index is 13.8. The van der Waals surface area contributed by atoms with Crippen molar-refractivity contribution in [1.29, 1.82) is 0 Å². The van der Waals surface area contributed by atoms with E-state index in [0.717, 1.165) is 31.7 Å². The van der Waals surface area contributed by atoms with Crippen molar-refractivity contribution < 1.29 is 27.9 Å². The quantitative estimate of drug-likeness (QED) is 0.466. The van der Waals surface area contributed by atoms with Gasteiger partial charge in [-0.05, 0) is 56.7 Å². The molecule has 202 valence electrons. The smallest absolute Gasteiger partial charge is 0.433 e. The summed E-state index contributed by atoms with van der Waals surface area (Å²) >= 11 is 0. The van der Waals surface area contributed by atoms with Crippen molar-refractivity contribution in [3.63, 3.8) is 0 Å². The SMILES string of the molecule is Cc1c(C(=O)NC2CC(C(=O)O)C2)cc(-c2cc(C(C)(C)C)nc(C(F)(F)F)c2)n1CC1CCCCC1. The van der Waals surface area contributed by atoms with E-state index < -0.39 is 29.2 Å². The molecule has 0 radical (unpaired) electrons. The number of aromatic nitrogens is 2. The lowest BCUT2D eigenvalue weighted by atomic mass is 9.80. The van der Waals surface area contributed by atoms with E-state index in [2.05, 4.69) is 10.3 Å². The number of alkyl halides is 3. The molecule has 2 aromatic rings. The minimum absolute atomic E-state index is 0.219. The van der Waals surface area contributed by atoms with Crippen molar-refractivity contribution in [1.82, 2.24) is 14.9 Å². The van der Waals surface area contributed by atoms with Gasteiger partial charge in [0.05, 0.1) is 11.5 Å². The highest BCUT2D eigenvalue weighted by atomic mass is 19.4. The van der Waals surface area contributed by atoms with Crippen molar-refractivity contribution in [2.45, 2.75) is 96.8 Å². The zero-order chi connectivity index (χ0) is 27.1. The molecule has 0 aromatic carbocycles. The number of amides is 1. The van der Waals surface area contributed by atoms with E-state index in [-0.39, 0.29) is 11.9 Å². The molecular weight excluding hydrogens is 483 g/mol. The predicted molar refractivity (Wildman–Crippen MR) is 134 cm³/mol. The molecular formula is C28H36F3N3O3. The Hall–Kier alpha value is -2.84. The molecule has 2 aliphatic carbocycles. The average molecular weight is 520 g/mol. The Labute approximate surface area is 215 Å². The van der Waals surface area contributed by atoms with E-state index in [1.54, 1.807) is 12.1 Å². The summed E-state index contributed by atoms with van der Waals surface area (Å²) in [5.41, 5.74) is 0.862. The van der Waals surface area contributed by atoms with Crippen LogP contribution in [0, 0.1) is 18.8 Å². The number of aliphatic carboxylic acids is 1. The number of carboxylic acids is 1.